The molecule has 1 saturated heterocycles. The monoisotopic (exact) mass is 430 g/mol. The maximum atomic E-state index is 11.8. The van der Waals surface area contributed by atoms with Gasteiger partial charge in [-0.3, -0.25) is 4.98 Å². The van der Waals surface area contributed by atoms with Crippen LogP contribution in [0.15, 0.2) is 73.1 Å². The van der Waals surface area contributed by atoms with E-state index in [1.165, 1.54) is 6.07 Å². The summed E-state index contributed by atoms with van der Waals surface area (Å²) in [5.41, 5.74) is 2.63. The van der Waals surface area contributed by atoms with Gasteiger partial charge in [-0.2, -0.15) is 5.26 Å². The number of carbonyl (C=O) groups is 2. The Labute approximate surface area is 183 Å². The molecule has 0 bridgehead atoms. The number of pyridine rings is 1. The van der Waals surface area contributed by atoms with Crippen molar-refractivity contribution in [1.82, 2.24) is 4.98 Å². The van der Waals surface area contributed by atoms with E-state index >= 15 is 0 Å². The summed E-state index contributed by atoms with van der Waals surface area (Å²) in [5.74, 6) is -4.81. The molecule has 0 spiro atoms. The number of aliphatic hydroxyl groups is 1. The van der Waals surface area contributed by atoms with Gasteiger partial charge in [-0.05, 0) is 53.8 Å². The van der Waals surface area contributed by atoms with E-state index in [0.717, 1.165) is 11.1 Å². The van der Waals surface area contributed by atoms with Crippen molar-refractivity contribution < 1.29 is 28.9 Å². The van der Waals surface area contributed by atoms with Crippen molar-refractivity contribution in [2.45, 2.75) is 24.9 Å². The molecule has 1 N–H and O–H groups in total. The molecule has 8 heteroatoms. The van der Waals surface area contributed by atoms with E-state index in [9.17, 15) is 20.0 Å². The lowest BCUT2D eigenvalue weighted by Gasteiger charge is -2.30. The summed E-state index contributed by atoms with van der Waals surface area (Å²) < 4.78 is 15.7. The molecule has 8 nitrogen and oxygen atoms in total. The van der Waals surface area contributed by atoms with Gasteiger partial charge in [0.1, 0.15) is 5.75 Å². The third-order valence-electron chi connectivity index (χ3n) is 4.93. The van der Waals surface area contributed by atoms with Gasteiger partial charge < -0.3 is 19.3 Å². The van der Waals surface area contributed by atoms with Gasteiger partial charge in [-0.15, -0.1) is 0 Å². The number of esters is 2. The lowest BCUT2D eigenvalue weighted by atomic mass is 10.0. The second kappa shape index (κ2) is 8.88. The van der Waals surface area contributed by atoms with Crippen LogP contribution in [0.25, 0.3) is 11.1 Å². The molecular formula is C24H18N2O6. The Balaban J connectivity index is 1.60. The van der Waals surface area contributed by atoms with Crippen LogP contribution in [0.3, 0.4) is 0 Å². The van der Waals surface area contributed by atoms with Gasteiger partial charge in [0.05, 0.1) is 11.6 Å². The Morgan fingerprint density at radius 3 is 2.47 bits per heavy atom. The van der Waals surface area contributed by atoms with E-state index in [0.29, 0.717) is 17.5 Å². The number of rotatable bonds is 7. The van der Waals surface area contributed by atoms with Gasteiger partial charge in [0, 0.05) is 12.4 Å². The van der Waals surface area contributed by atoms with E-state index in [1.54, 1.807) is 30.6 Å². The number of cyclic esters (lactones) is 2. The van der Waals surface area contributed by atoms with Gasteiger partial charge in [0.2, 0.25) is 0 Å². The van der Waals surface area contributed by atoms with E-state index in [2.05, 4.69) is 11.1 Å². The van der Waals surface area contributed by atoms with Crippen molar-refractivity contribution in [2.24, 2.45) is 0 Å². The van der Waals surface area contributed by atoms with Crippen LogP contribution in [0.5, 0.6) is 5.75 Å². The number of aryl methyl sites for hydroxylation is 1. The lowest BCUT2D eigenvalue weighted by molar-refractivity contribution is -0.318. The minimum absolute atomic E-state index is 0.0550. The number of hydrogen-bond donors (Lipinski definition) is 1. The molecule has 0 aliphatic carbocycles. The number of nitrogens with zero attached hydrogens (tertiary/aromatic N) is 2. The van der Waals surface area contributed by atoms with Crippen LogP contribution >= 0.6 is 0 Å². The van der Waals surface area contributed by atoms with E-state index in [1.807, 2.05) is 36.4 Å². The number of nitriles is 1. The minimum atomic E-state index is -2.35. The molecule has 160 valence electrons. The van der Waals surface area contributed by atoms with Gasteiger partial charge in [0.15, 0.2) is 6.10 Å². The van der Waals surface area contributed by atoms with Crippen LogP contribution < -0.4 is 4.74 Å². The molecule has 2 aromatic carbocycles. The highest BCUT2D eigenvalue weighted by molar-refractivity contribution is 6.31. The summed E-state index contributed by atoms with van der Waals surface area (Å²) in [6.45, 7) is 0. The quantitative estimate of drug-likeness (QED) is 0.449. The molecule has 1 fully saturated rings. The Morgan fingerprint density at radius 1 is 1.06 bits per heavy atom. The van der Waals surface area contributed by atoms with E-state index < -0.39 is 24.0 Å². The van der Waals surface area contributed by atoms with Crippen LogP contribution in [-0.2, 0) is 25.5 Å². The highest BCUT2D eigenvalue weighted by Gasteiger charge is 2.57. The first-order valence-corrected chi connectivity index (χ1v) is 9.82. The number of carbonyl (C=O) groups excluding carboxylic acids is 2. The zero-order chi connectivity index (χ0) is 22.6. The smallest absolute Gasteiger partial charge is 0.418 e. The van der Waals surface area contributed by atoms with Gasteiger partial charge in [0.25, 0.3) is 0 Å². The number of hydrogen-bond acceptors (Lipinski definition) is 8. The fraction of sp³-hybridized carbons (Fsp3) is 0.167. The molecule has 4 rings (SSSR count). The molecule has 0 radical (unpaired) electrons. The van der Waals surface area contributed by atoms with Crippen LogP contribution in [0.2, 0.25) is 0 Å². The van der Waals surface area contributed by atoms with E-state index in [4.69, 9.17) is 14.2 Å². The maximum absolute atomic E-state index is 11.8. The second-order valence-electron chi connectivity index (χ2n) is 7.09. The van der Waals surface area contributed by atoms with Crippen molar-refractivity contribution in [2.75, 3.05) is 0 Å². The number of aliphatic hydroxyl groups excluding tert-OH is 1. The van der Waals surface area contributed by atoms with Crippen molar-refractivity contribution in [3.05, 3.63) is 84.2 Å². The van der Waals surface area contributed by atoms with Crippen LogP contribution in [0.4, 0.5) is 0 Å². The summed E-state index contributed by atoms with van der Waals surface area (Å²) in [5, 5.41) is 20.4. The fourth-order valence-electron chi connectivity index (χ4n) is 3.35. The first kappa shape index (κ1) is 21.0. The minimum Gasteiger partial charge on any atom is -0.418 e. The number of aromatic nitrogens is 1. The Hall–Kier alpha value is -4.22. The predicted octanol–water partition coefficient (Wildman–Crippen LogP) is 2.75. The summed E-state index contributed by atoms with van der Waals surface area (Å²) in [6, 6.07) is 19.6. The molecule has 0 amide bonds. The van der Waals surface area contributed by atoms with Crippen LogP contribution in [-0.4, -0.2) is 34.1 Å². The molecule has 3 aromatic rings. The second-order valence-corrected chi connectivity index (χ2v) is 7.09. The number of benzene rings is 2. The zero-order valence-electron chi connectivity index (χ0n) is 16.8. The molecule has 1 unspecified atom stereocenters. The first-order valence-electron chi connectivity index (χ1n) is 9.82. The third-order valence-corrected chi connectivity index (χ3v) is 4.93. The summed E-state index contributed by atoms with van der Waals surface area (Å²) in [4.78, 5) is 27.5. The molecule has 0 saturated carbocycles. The zero-order valence-corrected chi connectivity index (χ0v) is 16.8. The van der Waals surface area contributed by atoms with Crippen LogP contribution in [0.1, 0.15) is 17.5 Å². The van der Waals surface area contributed by atoms with E-state index in [-0.39, 0.29) is 12.2 Å². The Morgan fingerprint density at radius 2 is 1.81 bits per heavy atom. The summed E-state index contributed by atoms with van der Waals surface area (Å²) in [6.07, 6.45) is 2.19. The fourth-order valence-corrected chi connectivity index (χ4v) is 3.35. The first-order chi connectivity index (χ1) is 15.5. The summed E-state index contributed by atoms with van der Waals surface area (Å²) >= 11 is 0. The van der Waals surface area contributed by atoms with Crippen molar-refractivity contribution >= 4 is 11.9 Å². The average molecular weight is 430 g/mol. The molecule has 2 heterocycles. The predicted molar refractivity (Wildman–Crippen MR) is 111 cm³/mol. The van der Waals surface area contributed by atoms with Gasteiger partial charge >= 0.3 is 17.9 Å². The average Bonchev–Trinajstić information content (AvgIpc) is 3.12. The van der Waals surface area contributed by atoms with Gasteiger partial charge in [-0.25, -0.2) is 9.59 Å². The molecule has 1 aliphatic heterocycles. The van der Waals surface area contributed by atoms with Crippen molar-refractivity contribution in [1.29, 1.82) is 5.26 Å². The normalized spacial score (nSPS) is 15.4. The summed E-state index contributed by atoms with van der Waals surface area (Å²) in [7, 11) is 0. The Bertz CT molecular complexity index is 1160. The molecule has 1 atom stereocenters. The highest BCUT2D eigenvalue weighted by atomic mass is 16.9. The van der Waals surface area contributed by atoms with Crippen molar-refractivity contribution in [3.8, 4) is 22.9 Å². The topological polar surface area (TPSA) is 119 Å². The maximum Gasteiger partial charge on any atom is 0.450 e. The molecular weight excluding hydrogens is 412 g/mol. The van der Waals surface area contributed by atoms with Crippen LogP contribution in [0, 0.1) is 11.3 Å². The molecule has 1 aliphatic rings. The molecule has 32 heavy (non-hydrogen) atoms. The third kappa shape index (κ3) is 4.29. The molecule has 1 aromatic heterocycles. The Kier molecular flexibility index (Phi) is 5.83. The SMILES string of the molecule is N#Cc1cc(OC2(C(O)CCc3cccnc3)OC(=O)C(=O)O2)ccc1-c1ccccc1. The van der Waals surface area contributed by atoms with Gasteiger partial charge in [-0.1, -0.05) is 36.4 Å². The largest absolute Gasteiger partial charge is 0.450 e. The highest BCUT2D eigenvalue weighted by Crippen LogP contribution is 2.34. The lowest BCUT2D eigenvalue weighted by Crippen LogP contribution is -2.49. The van der Waals surface area contributed by atoms with Crippen molar-refractivity contribution in [3.63, 3.8) is 0 Å². The standard InChI is InChI=1S/C24H18N2O6/c25-14-18-13-19(9-10-20(18)17-6-2-1-3-7-17)30-24(31-22(28)23(29)32-24)21(27)11-8-16-5-4-12-26-15-16/h1-7,9-10,12-13,15,21,27H,8,11H2. The number of ether oxygens (including phenoxy) is 3.